The van der Waals surface area contributed by atoms with E-state index in [1.54, 1.807) is 24.3 Å². The van der Waals surface area contributed by atoms with Crippen molar-refractivity contribution >= 4 is 29.6 Å². The fourth-order valence-corrected chi connectivity index (χ4v) is 4.16. The molecule has 1 unspecified atom stereocenters. The van der Waals surface area contributed by atoms with E-state index < -0.39 is 17.8 Å². The molecule has 4 rings (SSSR count). The maximum absolute atomic E-state index is 13.4. The Kier molecular flexibility index (Phi) is 6.20. The summed E-state index contributed by atoms with van der Waals surface area (Å²) in [6.07, 6.45) is 2.47. The number of nitrogens with one attached hydrogen (secondary N) is 1. The molecule has 4 amide bonds. The number of hydrogen-bond acceptors (Lipinski definition) is 3. The van der Waals surface area contributed by atoms with Gasteiger partial charge in [-0.25, -0.2) is 14.1 Å². The molecule has 0 saturated carbocycles. The monoisotopic (exact) mass is 459 g/mol. The molecule has 1 aliphatic rings. The second-order valence-electron chi connectivity index (χ2n) is 8.50. The lowest BCUT2D eigenvalue weighted by molar-refractivity contribution is -0.122. The molecule has 7 heteroatoms. The topological polar surface area (TPSA) is 71.4 Å². The molecule has 1 saturated heterocycles. The lowest BCUT2D eigenvalue weighted by Gasteiger charge is -2.26. The van der Waals surface area contributed by atoms with E-state index in [0.29, 0.717) is 17.2 Å². The number of anilines is 1. The van der Waals surface area contributed by atoms with Gasteiger partial charge in [-0.3, -0.25) is 14.9 Å². The Morgan fingerprint density at radius 1 is 0.971 bits per heavy atom. The van der Waals surface area contributed by atoms with Crippen molar-refractivity contribution in [3.63, 3.8) is 0 Å². The third-order valence-electron chi connectivity index (χ3n) is 6.29. The molecule has 0 bridgehead atoms. The lowest BCUT2D eigenvalue weighted by atomic mass is 9.98. The Morgan fingerprint density at radius 3 is 2.21 bits per heavy atom. The largest absolute Gasteiger partial charge is 0.335 e. The lowest BCUT2D eigenvalue weighted by Crippen LogP contribution is -2.54. The van der Waals surface area contributed by atoms with Crippen LogP contribution in [0.3, 0.4) is 0 Å². The van der Waals surface area contributed by atoms with Gasteiger partial charge in [-0.1, -0.05) is 26.0 Å². The molecule has 1 aliphatic heterocycles. The Balaban J connectivity index is 1.70. The fourth-order valence-electron chi connectivity index (χ4n) is 4.16. The maximum atomic E-state index is 13.4. The number of imide groups is 2. The number of carbonyl (C=O) groups is 3. The first-order valence-electron chi connectivity index (χ1n) is 11.2. The van der Waals surface area contributed by atoms with Gasteiger partial charge in [0, 0.05) is 17.1 Å². The Labute approximate surface area is 197 Å². The van der Waals surface area contributed by atoms with E-state index in [-0.39, 0.29) is 11.4 Å². The quantitative estimate of drug-likeness (QED) is 0.409. The van der Waals surface area contributed by atoms with Gasteiger partial charge in [0.2, 0.25) is 0 Å². The van der Waals surface area contributed by atoms with Crippen molar-refractivity contribution in [3.8, 4) is 5.69 Å². The van der Waals surface area contributed by atoms with Crippen LogP contribution in [0.5, 0.6) is 0 Å². The number of carbonyl (C=O) groups excluding carboxylic acids is 3. The predicted octanol–water partition coefficient (Wildman–Crippen LogP) is 5.41. The van der Waals surface area contributed by atoms with Gasteiger partial charge in [-0.15, -0.1) is 0 Å². The van der Waals surface area contributed by atoms with Crippen molar-refractivity contribution in [2.45, 2.75) is 40.0 Å². The van der Waals surface area contributed by atoms with E-state index in [4.69, 9.17) is 0 Å². The van der Waals surface area contributed by atoms with Gasteiger partial charge >= 0.3 is 6.03 Å². The fraction of sp³-hybridized carbons (Fsp3) is 0.222. The zero-order valence-electron chi connectivity index (χ0n) is 19.6. The summed E-state index contributed by atoms with van der Waals surface area (Å²) < 4.78 is 15.3. The van der Waals surface area contributed by atoms with Gasteiger partial charge < -0.3 is 4.57 Å². The maximum Gasteiger partial charge on any atom is 0.335 e. The van der Waals surface area contributed by atoms with Crippen molar-refractivity contribution in [2.24, 2.45) is 0 Å². The second kappa shape index (κ2) is 9.09. The molecule has 3 aromatic rings. The van der Waals surface area contributed by atoms with Crippen LogP contribution < -0.4 is 10.2 Å². The molecule has 1 atom stereocenters. The van der Waals surface area contributed by atoms with Gasteiger partial charge in [-0.2, -0.15) is 0 Å². The molecule has 174 valence electrons. The highest BCUT2D eigenvalue weighted by Gasteiger charge is 2.37. The van der Waals surface area contributed by atoms with E-state index >= 15 is 0 Å². The molecular formula is C27H26FN3O3. The highest BCUT2D eigenvalue weighted by atomic mass is 19.1. The summed E-state index contributed by atoms with van der Waals surface area (Å²) in [5.74, 6) is -1.40. The van der Waals surface area contributed by atoms with Crippen molar-refractivity contribution in [3.05, 3.63) is 88.5 Å². The number of urea groups is 1. The number of amides is 4. The normalized spacial score (nSPS) is 16.2. The summed E-state index contributed by atoms with van der Waals surface area (Å²) in [5.41, 5.74) is 4.41. The van der Waals surface area contributed by atoms with Crippen LogP contribution >= 0.6 is 0 Å². The van der Waals surface area contributed by atoms with Crippen LogP contribution in [0.4, 0.5) is 14.9 Å². The molecule has 6 nitrogen and oxygen atoms in total. The number of rotatable bonds is 5. The minimum atomic E-state index is -0.778. The summed E-state index contributed by atoms with van der Waals surface area (Å²) in [5, 5.41) is 2.27. The average Bonchev–Trinajstić information content (AvgIpc) is 3.09. The zero-order valence-corrected chi connectivity index (χ0v) is 19.6. The van der Waals surface area contributed by atoms with Gasteiger partial charge in [0.25, 0.3) is 11.8 Å². The summed E-state index contributed by atoms with van der Waals surface area (Å²) in [7, 11) is 0. The Hall–Kier alpha value is -4.00. The number of halogens is 1. The van der Waals surface area contributed by atoms with Gasteiger partial charge in [-0.05, 0) is 85.9 Å². The number of aryl methyl sites for hydroxylation is 1. The van der Waals surface area contributed by atoms with Crippen molar-refractivity contribution < 1.29 is 18.8 Å². The standard InChI is InChI=1S/C27H26FN3O3/c1-5-16(2)19-6-10-23(11-7-19)31-26(33)24(25(32)29-27(31)34)15-20-14-17(3)30(18(20)4)22-12-8-21(28)9-13-22/h6-16H,5H2,1-4H3,(H,29,32,34). The molecule has 34 heavy (non-hydrogen) atoms. The zero-order chi connectivity index (χ0) is 24.6. The average molecular weight is 460 g/mol. The molecular weight excluding hydrogens is 433 g/mol. The molecule has 0 aliphatic carbocycles. The van der Waals surface area contributed by atoms with Crippen molar-refractivity contribution in [2.75, 3.05) is 4.90 Å². The second-order valence-corrected chi connectivity index (χ2v) is 8.50. The SMILES string of the molecule is CCC(C)c1ccc(N2C(=O)NC(=O)C(=Cc3cc(C)n(-c4ccc(F)cc4)c3C)C2=O)cc1. The van der Waals surface area contributed by atoms with E-state index in [1.807, 2.05) is 36.6 Å². The van der Waals surface area contributed by atoms with Gasteiger partial charge in [0.05, 0.1) is 5.69 Å². The molecule has 2 heterocycles. The van der Waals surface area contributed by atoms with E-state index in [9.17, 15) is 18.8 Å². The Bertz CT molecular complexity index is 1300. The van der Waals surface area contributed by atoms with Crippen LogP contribution in [0, 0.1) is 19.7 Å². The smallest absolute Gasteiger partial charge is 0.318 e. The molecule has 0 radical (unpaired) electrons. The van der Waals surface area contributed by atoms with Crippen LogP contribution in [0.25, 0.3) is 11.8 Å². The first kappa shape index (κ1) is 23.2. The molecule has 1 N–H and O–H groups in total. The van der Waals surface area contributed by atoms with Gasteiger partial charge in [0.15, 0.2) is 0 Å². The number of nitrogens with zero attached hydrogens (tertiary/aromatic N) is 2. The number of aromatic nitrogens is 1. The molecule has 2 aromatic carbocycles. The van der Waals surface area contributed by atoms with Crippen LogP contribution in [0.15, 0.2) is 60.2 Å². The summed E-state index contributed by atoms with van der Waals surface area (Å²) >= 11 is 0. The van der Waals surface area contributed by atoms with Crippen LogP contribution in [-0.2, 0) is 9.59 Å². The van der Waals surface area contributed by atoms with Crippen molar-refractivity contribution in [1.82, 2.24) is 9.88 Å². The van der Waals surface area contributed by atoms with E-state index in [1.165, 1.54) is 18.2 Å². The van der Waals surface area contributed by atoms with Crippen molar-refractivity contribution in [1.29, 1.82) is 0 Å². The van der Waals surface area contributed by atoms with Gasteiger partial charge in [0.1, 0.15) is 11.4 Å². The summed E-state index contributed by atoms with van der Waals surface area (Å²) in [6, 6.07) is 14.3. The molecule has 0 spiro atoms. The number of hydrogen-bond donors (Lipinski definition) is 1. The number of benzene rings is 2. The molecule has 1 fully saturated rings. The first-order chi connectivity index (χ1) is 16.2. The predicted molar refractivity (Wildman–Crippen MR) is 129 cm³/mol. The number of barbiturate groups is 1. The third-order valence-corrected chi connectivity index (χ3v) is 6.29. The summed E-state index contributed by atoms with van der Waals surface area (Å²) in [4.78, 5) is 39.4. The first-order valence-corrected chi connectivity index (χ1v) is 11.2. The van der Waals surface area contributed by atoms with E-state index in [2.05, 4.69) is 19.2 Å². The third kappa shape index (κ3) is 4.17. The van der Waals surface area contributed by atoms with E-state index in [0.717, 1.165) is 34.0 Å². The minimum Gasteiger partial charge on any atom is -0.318 e. The minimum absolute atomic E-state index is 0.134. The van der Waals surface area contributed by atoms with Crippen LogP contribution in [-0.4, -0.2) is 22.4 Å². The summed E-state index contributed by atoms with van der Waals surface area (Å²) in [6.45, 7) is 7.94. The highest BCUT2D eigenvalue weighted by Crippen LogP contribution is 2.27. The molecule has 1 aromatic heterocycles. The van der Waals surface area contributed by atoms with Crippen LogP contribution in [0.1, 0.15) is 48.7 Å². The van der Waals surface area contributed by atoms with Crippen LogP contribution in [0.2, 0.25) is 0 Å². The highest BCUT2D eigenvalue weighted by molar-refractivity contribution is 6.39. The Morgan fingerprint density at radius 2 is 1.59 bits per heavy atom.